The Kier molecular flexibility index (Phi) is 3.72. The van der Waals surface area contributed by atoms with E-state index < -0.39 is 15.9 Å². The van der Waals surface area contributed by atoms with Crippen LogP contribution >= 0.6 is 0 Å². The number of nitrogens with zero attached hydrogens (tertiary/aromatic N) is 4. The summed E-state index contributed by atoms with van der Waals surface area (Å²) in [5.74, 6) is -0.273. The topological polar surface area (TPSA) is 105 Å². The number of sulfonamides is 1. The molecule has 0 saturated carbocycles. The number of nitrogens with one attached hydrogen (secondary N) is 1. The van der Waals surface area contributed by atoms with Gasteiger partial charge in [-0.2, -0.15) is 0 Å². The van der Waals surface area contributed by atoms with E-state index in [1.54, 1.807) is 37.1 Å². The van der Waals surface area contributed by atoms with Crippen molar-refractivity contribution in [2.45, 2.75) is 13.8 Å². The fraction of sp³-hybridized carbons (Fsp3) is 0.286. The maximum absolute atomic E-state index is 12.5. The number of carbonyl (C=O) groups is 1. The van der Waals surface area contributed by atoms with Crippen molar-refractivity contribution in [3.8, 4) is 0 Å². The summed E-state index contributed by atoms with van der Waals surface area (Å²) in [6.07, 6.45) is 4.89. The molecule has 8 nitrogen and oxygen atoms in total. The minimum absolute atomic E-state index is 0.0735. The molecule has 1 aromatic heterocycles. The standard InChI is InChI=1S/C14H15N5O3S/c1-9-8-10(2)16-14(15-9)17-13(20)11-4-3-5-19-6-7-23(21,22)18-12(11)19/h3-5,8H,6-7H2,1-2H3,(H,15,16,17,20). The second kappa shape index (κ2) is 5.58. The van der Waals surface area contributed by atoms with Crippen molar-refractivity contribution in [2.24, 2.45) is 4.40 Å². The molecule has 120 valence electrons. The van der Waals surface area contributed by atoms with Crippen LogP contribution in [0.25, 0.3) is 0 Å². The third-order valence-electron chi connectivity index (χ3n) is 3.31. The fourth-order valence-electron chi connectivity index (χ4n) is 2.34. The first-order valence-electron chi connectivity index (χ1n) is 6.96. The molecule has 2 aliphatic heterocycles. The zero-order valence-corrected chi connectivity index (χ0v) is 13.5. The predicted octanol–water partition coefficient (Wildman–Crippen LogP) is 0.530. The average Bonchev–Trinajstić information content (AvgIpc) is 2.44. The normalized spacial score (nSPS) is 18.8. The van der Waals surface area contributed by atoms with Crippen molar-refractivity contribution in [2.75, 3.05) is 17.6 Å². The van der Waals surface area contributed by atoms with Crippen LogP contribution in [0, 0.1) is 13.8 Å². The Morgan fingerprint density at radius 1 is 1.26 bits per heavy atom. The molecule has 1 N–H and O–H groups in total. The molecular weight excluding hydrogens is 318 g/mol. The number of amides is 1. The largest absolute Gasteiger partial charge is 0.331 e. The predicted molar refractivity (Wildman–Crippen MR) is 85.3 cm³/mol. The number of allylic oxidation sites excluding steroid dienone is 2. The molecule has 0 spiro atoms. The molecule has 2 aliphatic rings. The first kappa shape index (κ1) is 15.3. The van der Waals surface area contributed by atoms with E-state index in [1.807, 2.05) is 0 Å². The Hall–Kier alpha value is -2.55. The molecule has 3 rings (SSSR count). The Labute approximate surface area is 133 Å². The summed E-state index contributed by atoms with van der Waals surface area (Å²) in [7, 11) is -3.55. The van der Waals surface area contributed by atoms with Crippen LogP contribution in [0.4, 0.5) is 5.95 Å². The monoisotopic (exact) mass is 333 g/mol. The first-order valence-corrected chi connectivity index (χ1v) is 8.57. The highest BCUT2D eigenvalue weighted by molar-refractivity contribution is 7.90. The molecule has 1 amide bonds. The summed E-state index contributed by atoms with van der Waals surface area (Å²) < 4.78 is 27.1. The number of carbonyl (C=O) groups excluding carboxylic acids is 1. The maximum atomic E-state index is 12.5. The zero-order valence-electron chi connectivity index (χ0n) is 12.6. The fourth-order valence-corrected chi connectivity index (χ4v) is 3.33. The SMILES string of the molecule is Cc1cc(C)nc(NC(=O)C2=CC=CN3CCS(=O)(=O)N=C23)n1. The van der Waals surface area contributed by atoms with E-state index in [1.165, 1.54) is 6.08 Å². The molecule has 0 unspecified atom stereocenters. The quantitative estimate of drug-likeness (QED) is 0.846. The molecule has 0 radical (unpaired) electrons. The van der Waals surface area contributed by atoms with Crippen LogP contribution in [0.5, 0.6) is 0 Å². The lowest BCUT2D eigenvalue weighted by Gasteiger charge is -2.28. The molecule has 3 heterocycles. The minimum atomic E-state index is -3.55. The van der Waals surface area contributed by atoms with E-state index >= 15 is 0 Å². The Morgan fingerprint density at radius 3 is 2.65 bits per heavy atom. The molecule has 23 heavy (non-hydrogen) atoms. The highest BCUT2D eigenvalue weighted by atomic mass is 32.2. The number of rotatable bonds is 2. The lowest BCUT2D eigenvalue weighted by molar-refractivity contribution is -0.112. The first-order chi connectivity index (χ1) is 10.8. The number of fused-ring (bicyclic) bond motifs is 1. The third kappa shape index (κ3) is 3.29. The van der Waals surface area contributed by atoms with Gasteiger partial charge in [-0.3, -0.25) is 10.1 Å². The summed E-state index contributed by atoms with van der Waals surface area (Å²) >= 11 is 0. The Balaban J connectivity index is 1.91. The van der Waals surface area contributed by atoms with Gasteiger partial charge in [-0.05, 0) is 32.1 Å². The van der Waals surface area contributed by atoms with Gasteiger partial charge in [-0.25, -0.2) is 18.4 Å². The van der Waals surface area contributed by atoms with Gasteiger partial charge < -0.3 is 4.90 Å². The van der Waals surface area contributed by atoms with Crippen LogP contribution in [-0.4, -0.2) is 47.3 Å². The van der Waals surface area contributed by atoms with Gasteiger partial charge in [0.15, 0.2) is 5.84 Å². The number of anilines is 1. The van der Waals surface area contributed by atoms with Crippen molar-refractivity contribution in [3.05, 3.63) is 41.4 Å². The summed E-state index contributed by atoms with van der Waals surface area (Å²) in [6, 6.07) is 1.79. The van der Waals surface area contributed by atoms with E-state index in [0.29, 0.717) is 0 Å². The Bertz CT molecular complexity index is 850. The molecule has 0 atom stereocenters. The van der Waals surface area contributed by atoms with Crippen LogP contribution in [-0.2, 0) is 14.8 Å². The number of amidine groups is 1. The molecule has 0 saturated heterocycles. The van der Waals surface area contributed by atoms with Crippen molar-refractivity contribution in [1.82, 2.24) is 14.9 Å². The van der Waals surface area contributed by atoms with Crippen molar-refractivity contribution in [1.29, 1.82) is 0 Å². The molecule has 9 heteroatoms. The molecule has 0 bridgehead atoms. The molecule has 0 aliphatic carbocycles. The highest BCUT2D eigenvalue weighted by Crippen LogP contribution is 2.18. The summed E-state index contributed by atoms with van der Waals surface area (Å²) in [4.78, 5) is 22.4. The van der Waals surface area contributed by atoms with Gasteiger partial charge in [0.05, 0.1) is 11.3 Å². The van der Waals surface area contributed by atoms with Gasteiger partial charge in [-0.1, -0.05) is 0 Å². The van der Waals surface area contributed by atoms with E-state index in [9.17, 15) is 13.2 Å². The van der Waals surface area contributed by atoms with Crippen LogP contribution in [0.15, 0.2) is 34.4 Å². The maximum Gasteiger partial charge on any atom is 0.261 e. The van der Waals surface area contributed by atoms with Crippen molar-refractivity contribution < 1.29 is 13.2 Å². The van der Waals surface area contributed by atoms with Gasteiger partial charge in [0.1, 0.15) is 0 Å². The summed E-state index contributed by atoms with van der Waals surface area (Å²) in [5, 5.41) is 2.59. The van der Waals surface area contributed by atoms with E-state index in [0.717, 1.165) is 11.4 Å². The van der Waals surface area contributed by atoms with Gasteiger partial charge in [0.2, 0.25) is 5.95 Å². The third-order valence-corrected chi connectivity index (χ3v) is 4.46. The molecule has 1 aromatic rings. The number of aryl methyl sites for hydroxylation is 2. The highest BCUT2D eigenvalue weighted by Gasteiger charge is 2.30. The van der Waals surface area contributed by atoms with Crippen LogP contribution in [0.2, 0.25) is 0 Å². The second-order valence-corrected chi connectivity index (χ2v) is 7.00. The molecule has 0 fully saturated rings. The van der Waals surface area contributed by atoms with Gasteiger partial charge in [0, 0.05) is 24.1 Å². The van der Waals surface area contributed by atoms with Crippen LogP contribution in [0.1, 0.15) is 11.4 Å². The van der Waals surface area contributed by atoms with Gasteiger partial charge in [0.25, 0.3) is 15.9 Å². The molecular formula is C14H15N5O3S. The van der Waals surface area contributed by atoms with Crippen molar-refractivity contribution in [3.63, 3.8) is 0 Å². The minimum Gasteiger partial charge on any atom is -0.331 e. The second-order valence-electron chi connectivity index (χ2n) is 5.24. The number of aromatic nitrogens is 2. The lowest BCUT2D eigenvalue weighted by Crippen LogP contribution is -2.41. The zero-order chi connectivity index (χ0) is 16.6. The van der Waals surface area contributed by atoms with Crippen LogP contribution < -0.4 is 5.32 Å². The van der Waals surface area contributed by atoms with E-state index in [-0.39, 0.29) is 29.7 Å². The average molecular weight is 333 g/mol. The van der Waals surface area contributed by atoms with E-state index in [4.69, 9.17) is 0 Å². The smallest absolute Gasteiger partial charge is 0.261 e. The van der Waals surface area contributed by atoms with Gasteiger partial charge >= 0.3 is 0 Å². The number of hydrogen-bond acceptors (Lipinski definition) is 6. The number of hydrogen-bond donors (Lipinski definition) is 1. The van der Waals surface area contributed by atoms with E-state index in [2.05, 4.69) is 19.7 Å². The van der Waals surface area contributed by atoms with Crippen molar-refractivity contribution >= 4 is 27.7 Å². The summed E-state index contributed by atoms with van der Waals surface area (Å²) in [6.45, 7) is 3.86. The summed E-state index contributed by atoms with van der Waals surface area (Å²) in [5.41, 5.74) is 1.62. The lowest BCUT2D eigenvalue weighted by atomic mass is 10.1. The Morgan fingerprint density at radius 2 is 1.96 bits per heavy atom. The van der Waals surface area contributed by atoms with Gasteiger partial charge in [-0.15, -0.1) is 4.40 Å². The van der Waals surface area contributed by atoms with Crippen LogP contribution in [0.3, 0.4) is 0 Å². The molecule has 0 aromatic carbocycles.